The summed E-state index contributed by atoms with van der Waals surface area (Å²) in [6.45, 7) is 0. The minimum atomic E-state index is 0.0471. The normalized spacial score (nSPS) is 16.3. The molecule has 0 unspecified atom stereocenters. The van der Waals surface area contributed by atoms with Crippen LogP contribution in [0.1, 0.15) is 10.4 Å². The molecule has 1 aliphatic heterocycles. The van der Waals surface area contributed by atoms with E-state index >= 15 is 0 Å². The zero-order valence-electron chi connectivity index (χ0n) is 7.19. The van der Waals surface area contributed by atoms with Crippen molar-refractivity contribution >= 4 is 17.7 Å². The fourth-order valence-electron chi connectivity index (χ4n) is 1.18. The Bertz CT molecular complexity index is 295. The van der Waals surface area contributed by atoms with E-state index in [0.29, 0.717) is 6.04 Å². The second-order valence-electron chi connectivity index (χ2n) is 3.07. The van der Waals surface area contributed by atoms with Gasteiger partial charge in [-0.2, -0.15) is 11.8 Å². The molecule has 0 atom stereocenters. The van der Waals surface area contributed by atoms with Crippen molar-refractivity contribution in [1.29, 1.82) is 0 Å². The van der Waals surface area contributed by atoms with Crippen LogP contribution in [0.25, 0.3) is 0 Å². The third-order valence-electron chi connectivity index (χ3n) is 2.01. The van der Waals surface area contributed by atoms with Crippen molar-refractivity contribution in [2.45, 2.75) is 6.04 Å². The molecule has 0 aliphatic carbocycles. The number of thioether (sulfide) groups is 1. The van der Waals surface area contributed by atoms with Crippen molar-refractivity contribution in [3.63, 3.8) is 0 Å². The van der Waals surface area contributed by atoms with E-state index in [9.17, 15) is 4.79 Å². The molecule has 68 valence electrons. The second kappa shape index (κ2) is 3.83. The zero-order valence-corrected chi connectivity index (χ0v) is 8.01. The summed E-state index contributed by atoms with van der Waals surface area (Å²) < 4.78 is 0. The number of amides is 1. The summed E-state index contributed by atoms with van der Waals surface area (Å²) in [5, 5.41) is 2.97. The number of nitrogens with one attached hydrogen (secondary N) is 1. The third-order valence-corrected chi connectivity index (χ3v) is 3.29. The van der Waals surface area contributed by atoms with E-state index in [4.69, 9.17) is 0 Å². The van der Waals surface area contributed by atoms with Crippen LogP contribution in [-0.2, 0) is 0 Å². The Hall–Kier alpha value is -0.960. The lowest BCUT2D eigenvalue weighted by molar-refractivity contribution is 0.0943. The number of hydrogen-bond acceptors (Lipinski definition) is 2. The standard InChI is InChI=1S/C10H11NOS/c12-10(11-9-6-13-7-9)8-4-2-1-3-5-8/h1-5,9H,6-7H2,(H,11,12). The molecule has 1 heterocycles. The Morgan fingerprint density at radius 1 is 1.31 bits per heavy atom. The molecule has 1 N–H and O–H groups in total. The summed E-state index contributed by atoms with van der Waals surface area (Å²) in [4.78, 5) is 11.5. The summed E-state index contributed by atoms with van der Waals surface area (Å²) in [6, 6.07) is 9.73. The van der Waals surface area contributed by atoms with E-state index in [0.717, 1.165) is 17.1 Å². The Kier molecular flexibility index (Phi) is 2.54. The van der Waals surface area contributed by atoms with Gasteiger partial charge in [-0.1, -0.05) is 18.2 Å². The van der Waals surface area contributed by atoms with E-state index in [1.54, 1.807) is 0 Å². The van der Waals surface area contributed by atoms with E-state index in [2.05, 4.69) is 5.32 Å². The average Bonchev–Trinajstić information content (AvgIpc) is 2.12. The van der Waals surface area contributed by atoms with Gasteiger partial charge in [-0.05, 0) is 12.1 Å². The minimum Gasteiger partial charge on any atom is -0.348 e. The van der Waals surface area contributed by atoms with Crippen molar-refractivity contribution in [3.05, 3.63) is 35.9 Å². The van der Waals surface area contributed by atoms with Gasteiger partial charge in [0.25, 0.3) is 5.91 Å². The molecule has 3 heteroatoms. The summed E-state index contributed by atoms with van der Waals surface area (Å²) in [5.41, 5.74) is 0.749. The number of benzene rings is 1. The molecule has 1 aromatic carbocycles. The molecule has 0 bridgehead atoms. The molecule has 0 aromatic heterocycles. The van der Waals surface area contributed by atoms with Crippen molar-refractivity contribution in [2.24, 2.45) is 0 Å². The summed E-state index contributed by atoms with van der Waals surface area (Å²) >= 11 is 1.87. The van der Waals surface area contributed by atoms with Crippen molar-refractivity contribution < 1.29 is 4.79 Å². The molecule has 1 fully saturated rings. The van der Waals surface area contributed by atoms with Crippen molar-refractivity contribution in [1.82, 2.24) is 5.32 Å². The maximum atomic E-state index is 11.5. The van der Waals surface area contributed by atoms with Crippen LogP contribution >= 0.6 is 11.8 Å². The van der Waals surface area contributed by atoms with Gasteiger partial charge in [0.2, 0.25) is 0 Å². The Morgan fingerprint density at radius 2 is 2.00 bits per heavy atom. The number of hydrogen-bond donors (Lipinski definition) is 1. The van der Waals surface area contributed by atoms with Crippen molar-refractivity contribution in [3.8, 4) is 0 Å². The minimum absolute atomic E-state index is 0.0471. The SMILES string of the molecule is O=C(NC1CSC1)c1ccccc1. The van der Waals surface area contributed by atoms with Crippen LogP contribution in [0.4, 0.5) is 0 Å². The average molecular weight is 193 g/mol. The Morgan fingerprint density at radius 3 is 2.54 bits per heavy atom. The smallest absolute Gasteiger partial charge is 0.251 e. The molecule has 0 spiro atoms. The predicted octanol–water partition coefficient (Wildman–Crippen LogP) is 1.53. The largest absolute Gasteiger partial charge is 0.348 e. The van der Waals surface area contributed by atoms with Gasteiger partial charge in [-0.15, -0.1) is 0 Å². The lowest BCUT2D eigenvalue weighted by Gasteiger charge is -2.25. The highest BCUT2D eigenvalue weighted by atomic mass is 32.2. The molecule has 1 aromatic rings. The highest BCUT2D eigenvalue weighted by Gasteiger charge is 2.20. The molecular weight excluding hydrogens is 182 g/mol. The van der Waals surface area contributed by atoms with Gasteiger partial charge in [0.05, 0.1) is 0 Å². The lowest BCUT2D eigenvalue weighted by Crippen LogP contribution is -2.43. The maximum Gasteiger partial charge on any atom is 0.251 e. The molecule has 1 aliphatic rings. The lowest BCUT2D eigenvalue weighted by atomic mass is 10.2. The maximum absolute atomic E-state index is 11.5. The van der Waals surface area contributed by atoms with Crippen LogP contribution in [0, 0.1) is 0 Å². The molecular formula is C10H11NOS. The van der Waals surface area contributed by atoms with Gasteiger partial charge in [0, 0.05) is 23.1 Å². The summed E-state index contributed by atoms with van der Waals surface area (Å²) in [6.07, 6.45) is 0. The number of rotatable bonds is 2. The first-order valence-corrected chi connectivity index (χ1v) is 5.45. The molecule has 2 rings (SSSR count). The van der Waals surface area contributed by atoms with Crippen LogP contribution in [0.2, 0.25) is 0 Å². The highest BCUT2D eigenvalue weighted by molar-refractivity contribution is 8.00. The third kappa shape index (κ3) is 2.04. The van der Waals surface area contributed by atoms with E-state index < -0.39 is 0 Å². The summed E-state index contributed by atoms with van der Waals surface area (Å²) in [7, 11) is 0. The fraction of sp³-hybridized carbons (Fsp3) is 0.300. The molecule has 1 saturated heterocycles. The molecule has 1 amide bonds. The fourth-order valence-corrected chi connectivity index (χ4v) is 1.82. The van der Waals surface area contributed by atoms with Gasteiger partial charge in [0.1, 0.15) is 0 Å². The molecule has 2 nitrogen and oxygen atoms in total. The van der Waals surface area contributed by atoms with Crippen LogP contribution in [-0.4, -0.2) is 23.5 Å². The van der Waals surface area contributed by atoms with Crippen LogP contribution in [0.3, 0.4) is 0 Å². The first-order chi connectivity index (χ1) is 6.36. The first-order valence-electron chi connectivity index (χ1n) is 4.30. The van der Waals surface area contributed by atoms with Gasteiger partial charge < -0.3 is 5.32 Å². The predicted molar refractivity (Wildman–Crippen MR) is 55.0 cm³/mol. The molecule has 0 radical (unpaired) electrons. The Balaban J connectivity index is 1.97. The highest BCUT2D eigenvalue weighted by Crippen LogP contribution is 2.17. The van der Waals surface area contributed by atoms with Gasteiger partial charge in [-0.3, -0.25) is 4.79 Å². The van der Waals surface area contributed by atoms with Gasteiger partial charge in [-0.25, -0.2) is 0 Å². The summed E-state index contributed by atoms with van der Waals surface area (Å²) in [5.74, 6) is 2.16. The molecule has 13 heavy (non-hydrogen) atoms. The number of carbonyl (C=O) groups is 1. The first kappa shape index (κ1) is 8.63. The van der Waals surface area contributed by atoms with Crippen molar-refractivity contribution in [2.75, 3.05) is 11.5 Å². The van der Waals surface area contributed by atoms with Crippen LogP contribution in [0.5, 0.6) is 0 Å². The topological polar surface area (TPSA) is 29.1 Å². The van der Waals surface area contributed by atoms with Crippen LogP contribution in [0.15, 0.2) is 30.3 Å². The van der Waals surface area contributed by atoms with Gasteiger partial charge in [0.15, 0.2) is 0 Å². The van der Waals surface area contributed by atoms with Crippen LogP contribution < -0.4 is 5.32 Å². The van der Waals surface area contributed by atoms with E-state index in [1.165, 1.54) is 0 Å². The van der Waals surface area contributed by atoms with Gasteiger partial charge >= 0.3 is 0 Å². The monoisotopic (exact) mass is 193 g/mol. The van der Waals surface area contributed by atoms with E-state index in [-0.39, 0.29) is 5.91 Å². The molecule has 0 saturated carbocycles. The zero-order chi connectivity index (χ0) is 9.10. The number of carbonyl (C=O) groups excluding carboxylic acids is 1. The quantitative estimate of drug-likeness (QED) is 0.771. The van der Waals surface area contributed by atoms with E-state index in [1.807, 2.05) is 42.1 Å². The second-order valence-corrected chi connectivity index (χ2v) is 4.15. The Labute approximate surface area is 81.7 Å².